The van der Waals surface area contributed by atoms with Crippen LogP contribution in [0.25, 0.3) is 5.69 Å². The van der Waals surface area contributed by atoms with Gasteiger partial charge < -0.3 is 40.3 Å². The molecule has 5 rings (SSSR count). The quantitative estimate of drug-likeness (QED) is 0.211. The molecule has 1 atom stereocenters. The van der Waals surface area contributed by atoms with Crippen molar-refractivity contribution in [2.45, 2.75) is 63.5 Å². The summed E-state index contributed by atoms with van der Waals surface area (Å²) in [6.07, 6.45) is 3.05. The summed E-state index contributed by atoms with van der Waals surface area (Å²) in [5, 5.41) is 22.1. The SMILES string of the molecule is CCOC(=O)N1CCN(C(=O)[C@H](CCC(=O)O)NC(=O)c2cc(OCC(=O)NC3(C(=O)NCC4CC4)CCC3)n(-c3ccccc3)n2)CC1. The number of benzene rings is 1. The van der Waals surface area contributed by atoms with Crippen molar-refractivity contribution in [3.05, 3.63) is 42.1 Å². The highest BCUT2D eigenvalue weighted by Gasteiger charge is 2.45. The summed E-state index contributed by atoms with van der Waals surface area (Å²) in [7, 11) is 0. The summed E-state index contributed by atoms with van der Waals surface area (Å²) in [6.45, 7) is 2.90. The lowest BCUT2D eigenvalue weighted by Crippen LogP contribution is -2.63. The maximum absolute atomic E-state index is 13.5. The minimum absolute atomic E-state index is 0.0656. The molecule has 2 aromatic rings. The smallest absolute Gasteiger partial charge is 0.409 e. The van der Waals surface area contributed by atoms with E-state index in [0.29, 0.717) is 31.0 Å². The number of rotatable bonds is 15. The Morgan fingerprint density at radius 1 is 1.02 bits per heavy atom. The van der Waals surface area contributed by atoms with E-state index in [1.807, 2.05) is 0 Å². The molecule has 0 radical (unpaired) electrons. The predicted octanol–water partition coefficient (Wildman–Crippen LogP) is 1.08. The van der Waals surface area contributed by atoms with E-state index < -0.39 is 48.0 Å². The van der Waals surface area contributed by atoms with Crippen LogP contribution in [-0.4, -0.2) is 118 Å². The number of ether oxygens (including phenoxy) is 2. The zero-order valence-electron chi connectivity index (χ0n) is 27.5. The topological polar surface area (TPSA) is 202 Å². The van der Waals surface area contributed by atoms with E-state index in [2.05, 4.69) is 21.0 Å². The second-order valence-electron chi connectivity index (χ2n) is 12.5. The van der Waals surface area contributed by atoms with Crippen molar-refractivity contribution in [3.63, 3.8) is 0 Å². The molecule has 5 amide bonds. The lowest BCUT2D eigenvalue weighted by molar-refractivity contribution is -0.138. The zero-order valence-corrected chi connectivity index (χ0v) is 27.5. The molecule has 3 fully saturated rings. The van der Waals surface area contributed by atoms with E-state index in [1.54, 1.807) is 37.3 Å². The minimum Gasteiger partial charge on any atom is -0.481 e. The third kappa shape index (κ3) is 9.06. The Hall–Kier alpha value is -5.15. The Labute approximate surface area is 283 Å². The number of carbonyl (C=O) groups is 6. The molecular formula is C33H43N7O9. The first-order valence-corrected chi connectivity index (χ1v) is 16.7. The van der Waals surface area contributed by atoms with Crippen LogP contribution in [-0.2, 0) is 23.9 Å². The van der Waals surface area contributed by atoms with E-state index in [1.165, 1.54) is 20.5 Å². The Bertz CT molecular complexity index is 1530. The summed E-state index contributed by atoms with van der Waals surface area (Å²) >= 11 is 0. The number of nitrogens with one attached hydrogen (secondary N) is 3. The molecule has 2 heterocycles. The van der Waals surface area contributed by atoms with E-state index >= 15 is 0 Å². The summed E-state index contributed by atoms with van der Waals surface area (Å²) in [4.78, 5) is 79.3. The molecule has 0 bridgehead atoms. The molecule has 16 nitrogen and oxygen atoms in total. The van der Waals surface area contributed by atoms with Gasteiger partial charge in [-0.2, -0.15) is 5.10 Å². The highest BCUT2D eigenvalue weighted by Crippen LogP contribution is 2.33. The molecule has 0 spiro atoms. The fraction of sp³-hybridized carbons (Fsp3) is 0.545. The first-order chi connectivity index (χ1) is 23.6. The summed E-state index contributed by atoms with van der Waals surface area (Å²) < 4.78 is 12.2. The number of piperazine rings is 1. The van der Waals surface area contributed by atoms with Gasteiger partial charge in [0.15, 0.2) is 12.3 Å². The molecule has 1 saturated heterocycles. The van der Waals surface area contributed by atoms with Crippen molar-refractivity contribution in [3.8, 4) is 11.6 Å². The number of aliphatic carboxylic acids is 1. The number of carboxylic acids is 1. The van der Waals surface area contributed by atoms with Crippen molar-refractivity contribution < 1.29 is 43.3 Å². The molecule has 2 saturated carbocycles. The number of para-hydroxylation sites is 1. The molecule has 16 heteroatoms. The van der Waals surface area contributed by atoms with Crippen LogP contribution in [0.4, 0.5) is 4.79 Å². The fourth-order valence-corrected chi connectivity index (χ4v) is 5.74. The second-order valence-corrected chi connectivity index (χ2v) is 12.5. The minimum atomic E-state index is -1.18. The largest absolute Gasteiger partial charge is 0.481 e. The molecule has 49 heavy (non-hydrogen) atoms. The van der Waals surface area contributed by atoms with Gasteiger partial charge in [0.25, 0.3) is 11.8 Å². The lowest BCUT2D eigenvalue weighted by Gasteiger charge is -2.40. The lowest BCUT2D eigenvalue weighted by atomic mass is 9.76. The Balaban J connectivity index is 1.26. The Kier molecular flexibility index (Phi) is 11.4. The summed E-state index contributed by atoms with van der Waals surface area (Å²) in [6, 6.07) is 8.92. The molecule has 1 aromatic heterocycles. The van der Waals surface area contributed by atoms with Gasteiger partial charge >= 0.3 is 12.1 Å². The number of aromatic nitrogens is 2. The van der Waals surface area contributed by atoms with Gasteiger partial charge in [0.05, 0.1) is 12.3 Å². The van der Waals surface area contributed by atoms with Gasteiger partial charge in [0.1, 0.15) is 11.6 Å². The number of carbonyl (C=O) groups excluding carboxylic acids is 5. The molecular weight excluding hydrogens is 638 g/mol. The average Bonchev–Trinajstić information content (AvgIpc) is 3.82. The monoisotopic (exact) mass is 681 g/mol. The average molecular weight is 682 g/mol. The van der Waals surface area contributed by atoms with Gasteiger partial charge in [-0.05, 0) is 63.5 Å². The Morgan fingerprint density at radius 3 is 2.33 bits per heavy atom. The van der Waals surface area contributed by atoms with Crippen LogP contribution in [0.2, 0.25) is 0 Å². The van der Waals surface area contributed by atoms with Crippen molar-refractivity contribution in [1.82, 2.24) is 35.5 Å². The molecule has 2 aliphatic carbocycles. The van der Waals surface area contributed by atoms with Gasteiger partial charge in [0.2, 0.25) is 17.7 Å². The van der Waals surface area contributed by atoms with Crippen LogP contribution in [0.1, 0.15) is 62.4 Å². The first kappa shape index (κ1) is 35.2. The fourth-order valence-electron chi connectivity index (χ4n) is 5.74. The van der Waals surface area contributed by atoms with Crippen molar-refractivity contribution >= 4 is 35.7 Å². The standard InChI is InChI=1S/C33H43N7O9/c1-2-48-32(47)39-17-15-38(16-18-39)30(45)24(11-12-28(42)43)35-29(44)25-19-27(40(37-25)23-7-4-3-5-8-23)49-21-26(41)36-33(13-6-14-33)31(46)34-20-22-9-10-22/h3-5,7-8,19,22,24H,2,6,9-18,20-21H2,1H3,(H,34,46)(H,35,44)(H,36,41)(H,42,43)/t24-/m0/s1. The van der Waals surface area contributed by atoms with Crippen LogP contribution in [0.3, 0.4) is 0 Å². The number of amides is 5. The molecule has 264 valence electrons. The normalized spacial score (nSPS) is 17.2. The third-order valence-electron chi connectivity index (χ3n) is 8.90. The number of carboxylic acid groups (broad SMARTS) is 1. The molecule has 1 aromatic carbocycles. The zero-order chi connectivity index (χ0) is 35.0. The van der Waals surface area contributed by atoms with Crippen LogP contribution in [0.5, 0.6) is 5.88 Å². The van der Waals surface area contributed by atoms with E-state index in [9.17, 15) is 33.9 Å². The first-order valence-electron chi connectivity index (χ1n) is 16.7. The molecule has 4 N–H and O–H groups in total. The maximum atomic E-state index is 13.5. The van der Waals surface area contributed by atoms with Gasteiger partial charge in [-0.15, -0.1) is 0 Å². The van der Waals surface area contributed by atoms with Crippen molar-refractivity contribution in [2.75, 3.05) is 45.9 Å². The van der Waals surface area contributed by atoms with Crippen LogP contribution >= 0.6 is 0 Å². The highest BCUT2D eigenvalue weighted by atomic mass is 16.6. The second kappa shape index (κ2) is 15.8. The van der Waals surface area contributed by atoms with E-state index in [4.69, 9.17) is 9.47 Å². The highest BCUT2D eigenvalue weighted by molar-refractivity contribution is 5.97. The van der Waals surface area contributed by atoms with E-state index in [0.717, 1.165) is 19.3 Å². The number of hydrogen-bond acceptors (Lipinski definition) is 9. The van der Waals surface area contributed by atoms with Gasteiger partial charge in [-0.25, -0.2) is 9.48 Å². The van der Waals surface area contributed by atoms with Crippen molar-refractivity contribution in [1.29, 1.82) is 0 Å². The predicted molar refractivity (Wildman–Crippen MR) is 173 cm³/mol. The van der Waals surface area contributed by atoms with Crippen LogP contribution in [0, 0.1) is 5.92 Å². The Morgan fingerprint density at radius 2 is 1.71 bits per heavy atom. The van der Waals surface area contributed by atoms with Gasteiger partial charge in [0, 0.05) is 45.2 Å². The summed E-state index contributed by atoms with van der Waals surface area (Å²) in [5.74, 6) is -2.50. The van der Waals surface area contributed by atoms with Crippen molar-refractivity contribution in [2.24, 2.45) is 5.92 Å². The van der Waals surface area contributed by atoms with Crippen LogP contribution < -0.4 is 20.7 Å². The maximum Gasteiger partial charge on any atom is 0.409 e. The molecule has 3 aliphatic rings. The van der Waals surface area contributed by atoms with Gasteiger partial charge in [-0.1, -0.05) is 18.2 Å². The van der Waals surface area contributed by atoms with Crippen LogP contribution in [0.15, 0.2) is 36.4 Å². The third-order valence-corrected chi connectivity index (χ3v) is 8.90. The molecule has 0 unspecified atom stereocenters. The molecule has 1 aliphatic heterocycles. The van der Waals surface area contributed by atoms with Gasteiger partial charge in [-0.3, -0.25) is 24.0 Å². The number of nitrogens with zero attached hydrogens (tertiary/aromatic N) is 4. The van der Waals surface area contributed by atoms with E-state index in [-0.39, 0.29) is 63.1 Å². The summed E-state index contributed by atoms with van der Waals surface area (Å²) in [5.41, 5.74) is -0.567. The number of hydrogen-bond donors (Lipinski definition) is 4.